The highest BCUT2D eigenvalue weighted by Gasteiger charge is 2.50. The van der Waals surface area contributed by atoms with Crippen molar-refractivity contribution in [3.63, 3.8) is 0 Å². The van der Waals surface area contributed by atoms with Crippen molar-refractivity contribution >= 4 is 23.5 Å². The molecule has 6 rings (SSSR count). The van der Waals surface area contributed by atoms with E-state index in [4.69, 9.17) is 4.98 Å². The van der Waals surface area contributed by atoms with E-state index in [1.807, 2.05) is 61.8 Å². The standard InChI is InChI=1S/C35H35F2N11O/c1-3-8-28-29(11-7-14-39-34-41-18-25(15-38)31(45-34)27-20-44-47(22-27)33(36)37)32(28)48(35(49)42-16-23-9-5-4-6-10-23)30-13-12-24(17-40-30)26-19-43-46(2)21-26/h4-6,9-10,12-13,17-22,28-29,33H,3,7-8,11,14,16H2,1-2H3,(H-,39,41,42,45,49)/p+1/b48-32-. The average molecular weight is 665 g/mol. The van der Waals surface area contributed by atoms with Gasteiger partial charge in [-0.05, 0) is 30.9 Å². The molecule has 5 aromatic rings. The first-order chi connectivity index (χ1) is 23.9. The highest BCUT2D eigenvalue weighted by Crippen LogP contribution is 2.43. The molecule has 0 radical (unpaired) electrons. The van der Waals surface area contributed by atoms with Crippen LogP contribution in [0.3, 0.4) is 0 Å². The third-order valence-electron chi connectivity index (χ3n) is 8.46. The molecule has 1 aliphatic rings. The number of anilines is 1. The number of aryl methyl sites for hydroxylation is 1. The number of nitrogens with one attached hydrogen (secondary N) is 2. The molecule has 12 nitrogen and oxygen atoms in total. The third kappa shape index (κ3) is 7.67. The van der Waals surface area contributed by atoms with E-state index in [2.05, 4.69) is 37.7 Å². The van der Waals surface area contributed by atoms with Crippen LogP contribution in [0.5, 0.6) is 0 Å². The molecule has 2 N–H and O–H groups in total. The van der Waals surface area contributed by atoms with Crippen molar-refractivity contribution in [2.45, 2.75) is 45.7 Å². The first-order valence-electron chi connectivity index (χ1n) is 16.1. The lowest BCUT2D eigenvalue weighted by molar-refractivity contribution is -0.337. The summed E-state index contributed by atoms with van der Waals surface area (Å²) < 4.78 is 30.1. The molecular weight excluding hydrogens is 628 g/mol. The first-order valence-corrected chi connectivity index (χ1v) is 16.1. The van der Waals surface area contributed by atoms with E-state index in [-0.39, 0.29) is 35.1 Å². The molecular formula is C35H36F2N11O+. The van der Waals surface area contributed by atoms with Crippen molar-refractivity contribution < 1.29 is 18.2 Å². The number of alkyl halides is 2. The zero-order chi connectivity index (χ0) is 34.3. The van der Waals surface area contributed by atoms with Crippen molar-refractivity contribution in [3.8, 4) is 28.5 Å². The number of aromatic nitrogens is 7. The van der Waals surface area contributed by atoms with Gasteiger partial charge in [0.05, 0.1) is 42.1 Å². The number of nitrogens with zero attached hydrogens (tertiary/aromatic N) is 9. The normalized spacial score (nSPS) is 16.3. The fraction of sp³-hybridized carbons (Fsp3) is 0.314. The van der Waals surface area contributed by atoms with Gasteiger partial charge in [0, 0.05) is 60.6 Å². The molecule has 4 aromatic heterocycles. The molecule has 2 amide bonds. The summed E-state index contributed by atoms with van der Waals surface area (Å²) in [5, 5.41) is 23.7. The second-order valence-electron chi connectivity index (χ2n) is 11.8. The molecule has 0 saturated heterocycles. The number of nitriles is 1. The minimum atomic E-state index is -2.80. The Bertz CT molecular complexity index is 1980. The quantitative estimate of drug-likeness (QED) is 0.110. The van der Waals surface area contributed by atoms with E-state index in [0.29, 0.717) is 29.2 Å². The maximum Gasteiger partial charge on any atom is 0.441 e. The van der Waals surface area contributed by atoms with Crippen LogP contribution in [0.2, 0.25) is 0 Å². The van der Waals surface area contributed by atoms with Crippen LogP contribution in [0.25, 0.3) is 22.4 Å². The Morgan fingerprint density at radius 3 is 2.45 bits per heavy atom. The Kier molecular flexibility index (Phi) is 10.1. The lowest BCUT2D eigenvalue weighted by atomic mass is 10.1. The van der Waals surface area contributed by atoms with Gasteiger partial charge in [-0.2, -0.15) is 28.8 Å². The van der Waals surface area contributed by atoms with Gasteiger partial charge in [0.2, 0.25) is 5.95 Å². The fourth-order valence-corrected chi connectivity index (χ4v) is 6.03. The summed E-state index contributed by atoms with van der Waals surface area (Å²) in [5.41, 5.74) is 4.58. The SMILES string of the molecule is CCCC1/C(=[N+](/C(=O)NCc2ccccc2)c2ccc(-c3cnn(C)c3)cn2)C1CCCNc1ncc(C#N)c(-c2cnn(C(F)F)c2)n1. The molecule has 49 heavy (non-hydrogen) atoms. The van der Waals surface area contributed by atoms with Gasteiger partial charge in [0.15, 0.2) is 0 Å². The minimum Gasteiger partial charge on any atom is -0.354 e. The van der Waals surface area contributed by atoms with E-state index in [1.54, 1.807) is 21.7 Å². The number of hydrogen-bond acceptors (Lipinski definition) is 8. The minimum absolute atomic E-state index is 0.159. The second kappa shape index (κ2) is 14.9. The number of pyridine rings is 1. The van der Waals surface area contributed by atoms with Gasteiger partial charge in [-0.3, -0.25) is 10.00 Å². The van der Waals surface area contributed by atoms with Crippen LogP contribution in [0.4, 0.5) is 25.3 Å². The summed E-state index contributed by atoms with van der Waals surface area (Å²) in [6.07, 6.45) is 12.7. The average Bonchev–Trinajstić information content (AvgIpc) is 3.43. The van der Waals surface area contributed by atoms with Crippen LogP contribution in [0.15, 0.2) is 79.6 Å². The number of halogens is 2. The van der Waals surface area contributed by atoms with Gasteiger partial charge in [-0.25, -0.2) is 19.4 Å². The van der Waals surface area contributed by atoms with E-state index in [0.717, 1.165) is 54.3 Å². The summed E-state index contributed by atoms with van der Waals surface area (Å²) in [4.78, 5) is 27.2. The van der Waals surface area contributed by atoms with E-state index in [9.17, 15) is 18.8 Å². The molecule has 250 valence electrons. The summed E-state index contributed by atoms with van der Waals surface area (Å²) >= 11 is 0. The topological polar surface area (TPSA) is 142 Å². The van der Waals surface area contributed by atoms with Gasteiger partial charge in [-0.15, -0.1) is 4.98 Å². The largest absolute Gasteiger partial charge is 0.441 e. The molecule has 0 aliphatic heterocycles. The van der Waals surface area contributed by atoms with Gasteiger partial charge in [0.25, 0.3) is 5.82 Å². The van der Waals surface area contributed by atoms with Crippen LogP contribution in [-0.4, -0.2) is 57.4 Å². The van der Waals surface area contributed by atoms with E-state index >= 15 is 0 Å². The Morgan fingerprint density at radius 1 is 0.980 bits per heavy atom. The van der Waals surface area contributed by atoms with Crippen molar-refractivity contribution in [1.29, 1.82) is 5.26 Å². The second-order valence-corrected chi connectivity index (χ2v) is 11.8. The lowest BCUT2D eigenvalue weighted by Crippen LogP contribution is -2.32. The number of benzene rings is 1. The van der Waals surface area contributed by atoms with Crippen molar-refractivity contribution in [1.82, 2.24) is 39.8 Å². The number of amides is 2. The Morgan fingerprint density at radius 2 is 1.78 bits per heavy atom. The lowest BCUT2D eigenvalue weighted by Gasteiger charge is -2.07. The summed E-state index contributed by atoms with van der Waals surface area (Å²) in [5.74, 6) is 1.26. The smallest absolute Gasteiger partial charge is 0.354 e. The highest BCUT2D eigenvalue weighted by molar-refractivity contribution is 6.03. The Balaban J connectivity index is 1.19. The fourth-order valence-electron chi connectivity index (χ4n) is 6.03. The highest BCUT2D eigenvalue weighted by atomic mass is 19.3. The molecule has 0 spiro atoms. The van der Waals surface area contributed by atoms with E-state index < -0.39 is 6.55 Å². The van der Waals surface area contributed by atoms with Gasteiger partial charge >= 0.3 is 12.6 Å². The first kappa shape index (κ1) is 33.1. The maximum atomic E-state index is 13.8. The summed E-state index contributed by atoms with van der Waals surface area (Å²) in [6.45, 7) is 0.259. The Labute approximate surface area is 282 Å². The molecule has 2 atom stereocenters. The predicted molar refractivity (Wildman–Crippen MR) is 179 cm³/mol. The zero-order valence-corrected chi connectivity index (χ0v) is 27.2. The number of carbonyl (C=O) groups is 1. The molecule has 4 heterocycles. The predicted octanol–water partition coefficient (Wildman–Crippen LogP) is 6.34. The number of carbonyl (C=O) groups excluding carboxylic acids is 1. The zero-order valence-electron chi connectivity index (χ0n) is 27.2. The third-order valence-corrected chi connectivity index (χ3v) is 8.46. The van der Waals surface area contributed by atoms with Crippen LogP contribution >= 0.6 is 0 Å². The molecule has 1 aromatic carbocycles. The molecule has 1 aliphatic carbocycles. The van der Waals surface area contributed by atoms with Crippen LogP contribution in [-0.2, 0) is 13.6 Å². The number of rotatable bonds is 13. The van der Waals surface area contributed by atoms with Crippen molar-refractivity contribution in [2.24, 2.45) is 18.9 Å². The molecule has 1 saturated carbocycles. The molecule has 2 unspecified atom stereocenters. The molecule has 1 fully saturated rings. The molecule has 0 bridgehead atoms. The van der Waals surface area contributed by atoms with Crippen molar-refractivity contribution in [3.05, 3.63) is 90.8 Å². The number of urea groups is 1. The molecule has 14 heteroatoms. The van der Waals surface area contributed by atoms with Gasteiger partial charge < -0.3 is 5.32 Å². The van der Waals surface area contributed by atoms with Crippen LogP contribution in [0.1, 0.15) is 50.3 Å². The van der Waals surface area contributed by atoms with Gasteiger partial charge in [0.1, 0.15) is 12.3 Å². The summed E-state index contributed by atoms with van der Waals surface area (Å²) in [7, 11) is 1.86. The summed E-state index contributed by atoms with van der Waals surface area (Å²) in [6, 6.07) is 15.4. The number of hydrogen-bond donors (Lipinski definition) is 2. The van der Waals surface area contributed by atoms with Crippen LogP contribution < -0.4 is 10.6 Å². The monoisotopic (exact) mass is 664 g/mol. The van der Waals surface area contributed by atoms with Crippen LogP contribution in [0, 0.1) is 23.2 Å². The maximum absolute atomic E-state index is 13.8. The van der Waals surface area contributed by atoms with Crippen molar-refractivity contribution in [2.75, 3.05) is 11.9 Å². The van der Waals surface area contributed by atoms with Gasteiger partial charge in [-0.1, -0.05) is 43.7 Å². The Hall–Kier alpha value is -5.84. The van der Waals surface area contributed by atoms with E-state index in [1.165, 1.54) is 12.4 Å².